The summed E-state index contributed by atoms with van der Waals surface area (Å²) in [6.07, 6.45) is 0. The lowest BCUT2D eigenvalue weighted by atomic mass is 10.2. The van der Waals surface area contributed by atoms with Crippen molar-refractivity contribution in [2.24, 2.45) is 0 Å². The lowest BCUT2D eigenvalue weighted by molar-refractivity contribution is -0.385. The summed E-state index contributed by atoms with van der Waals surface area (Å²) in [6.45, 7) is 0. The molecule has 0 heterocycles. The fourth-order valence-electron chi connectivity index (χ4n) is 1.78. The molecule has 0 aliphatic heterocycles. The van der Waals surface area contributed by atoms with Crippen molar-refractivity contribution in [3.8, 4) is 23.6 Å². The molecule has 9 nitrogen and oxygen atoms in total. The van der Waals surface area contributed by atoms with E-state index in [-0.39, 0.29) is 22.6 Å². The van der Waals surface area contributed by atoms with E-state index in [0.717, 1.165) is 12.1 Å². The van der Waals surface area contributed by atoms with Crippen LogP contribution in [0.15, 0.2) is 36.4 Å². The highest BCUT2D eigenvalue weighted by Crippen LogP contribution is 2.31. The minimum Gasteiger partial charge on any atom is -0.457 e. The lowest BCUT2D eigenvalue weighted by Gasteiger charge is -2.06. The molecule has 0 saturated heterocycles. The number of hydrogen-bond donors (Lipinski definition) is 0. The molecule has 0 aliphatic rings. The number of benzene rings is 2. The van der Waals surface area contributed by atoms with Crippen LogP contribution in [-0.4, -0.2) is 9.85 Å². The summed E-state index contributed by atoms with van der Waals surface area (Å²) in [5.74, 6) is 0.0735. The second-order valence-corrected chi connectivity index (χ2v) is 4.20. The summed E-state index contributed by atoms with van der Waals surface area (Å²) in [6, 6.07) is 10.5. The van der Waals surface area contributed by atoms with E-state index in [2.05, 4.69) is 0 Å². The van der Waals surface area contributed by atoms with Gasteiger partial charge in [0.15, 0.2) is 0 Å². The third-order valence-corrected chi connectivity index (χ3v) is 2.81. The van der Waals surface area contributed by atoms with Crippen LogP contribution in [0.25, 0.3) is 0 Å². The highest BCUT2D eigenvalue weighted by atomic mass is 16.6. The Morgan fingerprint density at radius 1 is 0.826 bits per heavy atom. The zero-order valence-electron chi connectivity index (χ0n) is 11.3. The van der Waals surface area contributed by atoms with Gasteiger partial charge in [0.05, 0.1) is 22.0 Å². The molecule has 0 aromatic heterocycles. The first-order valence-corrected chi connectivity index (χ1v) is 6.01. The number of nitro groups is 2. The molecule has 0 saturated carbocycles. The Balaban J connectivity index is 2.41. The van der Waals surface area contributed by atoms with Crippen LogP contribution in [0, 0.1) is 42.9 Å². The van der Waals surface area contributed by atoms with Gasteiger partial charge in [-0.1, -0.05) is 0 Å². The standard InChI is InChI=1S/C14H6N4O5/c15-7-9-1-3-11(5-13(9)17(19)20)23-12-4-2-10(8-16)14(6-12)18(21)22/h1-6H. The molecule has 2 rings (SSSR count). The highest BCUT2D eigenvalue weighted by molar-refractivity contribution is 5.55. The van der Waals surface area contributed by atoms with E-state index in [1.54, 1.807) is 12.1 Å². The molecule has 0 aliphatic carbocycles. The predicted octanol–water partition coefficient (Wildman–Crippen LogP) is 3.04. The Labute approximate surface area is 128 Å². The summed E-state index contributed by atoms with van der Waals surface area (Å²) in [5, 5.41) is 39.4. The maximum Gasteiger partial charge on any atom is 0.290 e. The molecular weight excluding hydrogens is 304 g/mol. The van der Waals surface area contributed by atoms with Crippen LogP contribution in [0.2, 0.25) is 0 Å². The van der Waals surface area contributed by atoms with E-state index in [4.69, 9.17) is 15.3 Å². The largest absolute Gasteiger partial charge is 0.457 e. The topological polar surface area (TPSA) is 143 Å². The number of nitrogens with zero attached hydrogens (tertiary/aromatic N) is 4. The molecule has 0 amide bonds. The molecule has 2 aromatic carbocycles. The predicted molar refractivity (Wildman–Crippen MR) is 75.7 cm³/mol. The van der Waals surface area contributed by atoms with E-state index < -0.39 is 21.2 Å². The van der Waals surface area contributed by atoms with Gasteiger partial charge in [0.1, 0.15) is 34.8 Å². The Hall–Kier alpha value is -3.98. The Kier molecular flexibility index (Phi) is 4.15. The van der Waals surface area contributed by atoms with Gasteiger partial charge in [-0.25, -0.2) is 0 Å². The number of nitro benzene ring substituents is 2. The Bertz CT molecular complexity index is 822. The van der Waals surface area contributed by atoms with Crippen LogP contribution in [0.1, 0.15) is 11.1 Å². The first kappa shape index (κ1) is 15.4. The minimum absolute atomic E-state index is 0.0368. The molecule has 0 spiro atoms. The second-order valence-electron chi connectivity index (χ2n) is 4.20. The Morgan fingerprint density at radius 2 is 1.22 bits per heavy atom. The number of ether oxygens (including phenoxy) is 1. The fourth-order valence-corrected chi connectivity index (χ4v) is 1.78. The van der Waals surface area contributed by atoms with Gasteiger partial charge in [0, 0.05) is 0 Å². The van der Waals surface area contributed by atoms with Crippen LogP contribution in [-0.2, 0) is 0 Å². The first-order chi connectivity index (χ1) is 11.0. The van der Waals surface area contributed by atoms with Gasteiger partial charge in [0.2, 0.25) is 0 Å². The van der Waals surface area contributed by atoms with Crippen molar-refractivity contribution in [3.63, 3.8) is 0 Å². The van der Waals surface area contributed by atoms with Gasteiger partial charge >= 0.3 is 0 Å². The van der Waals surface area contributed by atoms with E-state index in [0.29, 0.717) is 0 Å². The van der Waals surface area contributed by atoms with Crippen molar-refractivity contribution in [2.45, 2.75) is 0 Å². The maximum absolute atomic E-state index is 10.9. The molecule has 0 N–H and O–H groups in total. The Morgan fingerprint density at radius 3 is 1.52 bits per heavy atom. The normalized spacial score (nSPS) is 9.48. The summed E-state index contributed by atoms with van der Waals surface area (Å²) in [4.78, 5) is 20.3. The number of hydrogen-bond acceptors (Lipinski definition) is 7. The number of nitriles is 2. The van der Waals surface area contributed by atoms with E-state index in [9.17, 15) is 20.2 Å². The lowest BCUT2D eigenvalue weighted by Crippen LogP contribution is -1.95. The van der Waals surface area contributed by atoms with E-state index in [1.165, 1.54) is 24.3 Å². The molecule has 23 heavy (non-hydrogen) atoms. The van der Waals surface area contributed by atoms with Crippen LogP contribution in [0.5, 0.6) is 11.5 Å². The molecule has 0 unspecified atom stereocenters. The summed E-state index contributed by atoms with van der Waals surface area (Å²) >= 11 is 0. The van der Waals surface area contributed by atoms with Gasteiger partial charge in [-0.15, -0.1) is 0 Å². The molecule has 0 bridgehead atoms. The smallest absolute Gasteiger partial charge is 0.290 e. The average Bonchev–Trinajstić information content (AvgIpc) is 2.54. The van der Waals surface area contributed by atoms with Crippen LogP contribution in [0.4, 0.5) is 11.4 Å². The van der Waals surface area contributed by atoms with Crippen LogP contribution >= 0.6 is 0 Å². The molecule has 9 heteroatoms. The van der Waals surface area contributed by atoms with Crippen molar-refractivity contribution in [1.82, 2.24) is 0 Å². The van der Waals surface area contributed by atoms with Crippen molar-refractivity contribution < 1.29 is 14.6 Å². The van der Waals surface area contributed by atoms with E-state index in [1.807, 2.05) is 0 Å². The molecule has 0 radical (unpaired) electrons. The van der Waals surface area contributed by atoms with Crippen molar-refractivity contribution >= 4 is 11.4 Å². The van der Waals surface area contributed by atoms with Crippen molar-refractivity contribution in [3.05, 3.63) is 67.8 Å². The first-order valence-electron chi connectivity index (χ1n) is 6.01. The average molecular weight is 310 g/mol. The van der Waals surface area contributed by atoms with Crippen molar-refractivity contribution in [1.29, 1.82) is 10.5 Å². The summed E-state index contributed by atoms with van der Waals surface area (Å²) in [7, 11) is 0. The summed E-state index contributed by atoms with van der Waals surface area (Å²) in [5.41, 5.74) is -1.14. The van der Waals surface area contributed by atoms with E-state index >= 15 is 0 Å². The third-order valence-electron chi connectivity index (χ3n) is 2.81. The van der Waals surface area contributed by atoms with Gasteiger partial charge < -0.3 is 4.74 Å². The maximum atomic E-state index is 10.9. The fraction of sp³-hybridized carbons (Fsp3) is 0. The minimum atomic E-state index is -0.730. The quantitative estimate of drug-likeness (QED) is 0.623. The number of rotatable bonds is 4. The van der Waals surface area contributed by atoms with Gasteiger partial charge in [-0.3, -0.25) is 20.2 Å². The highest BCUT2D eigenvalue weighted by Gasteiger charge is 2.17. The van der Waals surface area contributed by atoms with Crippen LogP contribution < -0.4 is 4.74 Å². The molecule has 0 fully saturated rings. The zero-order valence-corrected chi connectivity index (χ0v) is 11.3. The molecule has 0 atom stereocenters. The van der Waals surface area contributed by atoms with Gasteiger partial charge in [-0.2, -0.15) is 10.5 Å². The molecule has 2 aromatic rings. The van der Waals surface area contributed by atoms with Gasteiger partial charge in [-0.05, 0) is 24.3 Å². The van der Waals surface area contributed by atoms with Crippen molar-refractivity contribution in [2.75, 3.05) is 0 Å². The summed E-state index contributed by atoms with van der Waals surface area (Å²) < 4.78 is 5.33. The molecule has 112 valence electrons. The monoisotopic (exact) mass is 310 g/mol. The zero-order chi connectivity index (χ0) is 17.0. The molecular formula is C14H6N4O5. The third kappa shape index (κ3) is 3.20. The van der Waals surface area contributed by atoms with Gasteiger partial charge in [0.25, 0.3) is 11.4 Å². The SMILES string of the molecule is N#Cc1ccc(Oc2ccc(C#N)c([N+](=O)[O-])c2)cc1[N+](=O)[O-]. The second kappa shape index (κ2) is 6.20. The van der Waals surface area contributed by atoms with Crippen LogP contribution in [0.3, 0.4) is 0 Å².